The average molecular weight is 258 g/mol. The van der Waals surface area contributed by atoms with Crippen molar-refractivity contribution in [2.24, 2.45) is 11.3 Å². The van der Waals surface area contributed by atoms with E-state index >= 15 is 0 Å². The van der Waals surface area contributed by atoms with E-state index in [1.807, 2.05) is 6.07 Å². The molecule has 1 saturated carbocycles. The largest absolute Gasteiger partial charge is 0.508 e. The van der Waals surface area contributed by atoms with E-state index in [0.717, 1.165) is 17.5 Å². The summed E-state index contributed by atoms with van der Waals surface area (Å²) in [7, 11) is 0. The van der Waals surface area contributed by atoms with Crippen LogP contribution in [0.2, 0.25) is 0 Å². The molecular formula is C17H22O2. The highest BCUT2D eigenvalue weighted by Gasteiger charge is 2.51. The Balaban J connectivity index is 2.19. The van der Waals surface area contributed by atoms with Crippen molar-refractivity contribution in [2.75, 3.05) is 0 Å². The lowest BCUT2D eigenvalue weighted by atomic mass is 9.50. The summed E-state index contributed by atoms with van der Waals surface area (Å²) in [5.41, 5.74) is 2.20. The second-order valence-electron chi connectivity index (χ2n) is 7.17. The van der Waals surface area contributed by atoms with Crippen LogP contribution in [0.15, 0.2) is 18.2 Å². The molecule has 0 heterocycles. The molecule has 0 radical (unpaired) electrons. The molecule has 0 saturated heterocycles. The highest BCUT2D eigenvalue weighted by Crippen LogP contribution is 2.57. The van der Waals surface area contributed by atoms with Crippen molar-refractivity contribution in [3.63, 3.8) is 0 Å². The normalized spacial score (nSPS) is 32.6. The molecule has 0 bridgehead atoms. The van der Waals surface area contributed by atoms with Gasteiger partial charge in [0.15, 0.2) is 5.78 Å². The smallest absolute Gasteiger partial charge is 0.163 e. The lowest BCUT2D eigenvalue weighted by Gasteiger charge is -2.53. The molecule has 0 aliphatic heterocycles. The van der Waals surface area contributed by atoms with E-state index in [-0.39, 0.29) is 22.4 Å². The number of phenols is 1. The van der Waals surface area contributed by atoms with Gasteiger partial charge in [-0.15, -0.1) is 0 Å². The molecule has 102 valence electrons. The Hall–Kier alpha value is -1.31. The summed E-state index contributed by atoms with van der Waals surface area (Å²) in [6, 6.07) is 5.35. The van der Waals surface area contributed by atoms with E-state index in [1.165, 1.54) is 12.8 Å². The standard InChI is InChI=1S/C17H22O2/c1-16(2)7-4-8-17(3)13-6-5-11(18)9-12(13)14(19)10-15(16)17/h5-6,9,15,18H,4,7-8,10H2,1-3H3/t15-,17+/m0/s1. The Bertz CT molecular complexity index is 544. The summed E-state index contributed by atoms with van der Waals surface area (Å²) in [6.45, 7) is 6.91. The van der Waals surface area contributed by atoms with Crippen LogP contribution in [-0.4, -0.2) is 10.9 Å². The Labute approximate surface area is 114 Å². The van der Waals surface area contributed by atoms with Crippen LogP contribution in [0.25, 0.3) is 0 Å². The highest BCUT2D eigenvalue weighted by molar-refractivity contribution is 6.00. The van der Waals surface area contributed by atoms with Gasteiger partial charge in [-0.2, -0.15) is 0 Å². The van der Waals surface area contributed by atoms with Crippen molar-refractivity contribution in [1.29, 1.82) is 0 Å². The van der Waals surface area contributed by atoms with Crippen LogP contribution in [0.5, 0.6) is 5.75 Å². The van der Waals surface area contributed by atoms with Gasteiger partial charge in [0, 0.05) is 12.0 Å². The van der Waals surface area contributed by atoms with Gasteiger partial charge in [0.1, 0.15) is 5.75 Å². The zero-order valence-corrected chi connectivity index (χ0v) is 12.0. The first kappa shape index (κ1) is 12.7. The molecule has 2 nitrogen and oxygen atoms in total. The van der Waals surface area contributed by atoms with E-state index in [4.69, 9.17) is 0 Å². The Morgan fingerprint density at radius 3 is 2.68 bits per heavy atom. The van der Waals surface area contributed by atoms with Gasteiger partial charge in [-0.1, -0.05) is 33.3 Å². The molecule has 0 unspecified atom stereocenters. The third kappa shape index (κ3) is 1.73. The monoisotopic (exact) mass is 258 g/mol. The molecule has 2 atom stereocenters. The lowest BCUT2D eigenvalue weighted by Crippen LogP contribution is -2.49. The van der Waals surface area contributed by atoms with Crippen LogP contribution in [0, 0.1) is 11.3 Å². The van der Waals surface area contributed by atoms with Crippen LogP contribution in [0.4, 0.5) is 0 Å². The summed E-state index contributed by atoms with van der Waals surface area (Å²) in [4.78, 5) is 12.4. The molecular weight excluding hydrogens is 236 g/mol. The van der Waals surface area contributed by atoms with Crippen LogP contribution in [-0.2, 0) is 5.41 Å². The molecule has 1 aromatic rings. The van der Waals surface area contributed by atoms with Crippen LogP contribution in [0.1, 0.15) is 62.4 Å². The number of ketones is 1. The number of aromatic hydroxyl groups is 1. The Morgan fingerprint density at radius 1 is 1.21 bits per heavy atom. The fourth-order valence-electron chi connectivity index (χ4n) is 4.50. The fraction of sp³-hybridized carbons (Fsp3) is 0.588. The van der Waals surface area contributed by atoms with Gasteiger partial charge in [0.25, 0.3) is 0 Å². The van der Waals surface area contributed by atoms with Gasteiger partial charge in [0.05, 0.1) is 0 Å². The lowest BCUT2D eigenvalue weighted by molar-refractivity contribution is 0.0368. The van der Waals surface area contributed by atoms with Crippen LogP contribution >= 0.6 is 0 Å². The number of Topliss-reactive ketones (excluding diaryl/α,β-unsaturated/α-hetero) is 1. The number of phenolic OH excluding ortho intramolecular Hbond substituents is 1. The molecule has 3 rings (SSSR count). The van der Waals surface area contributed by atoms with E-state index in [9.17, 15) is 9.90 Å². The first-order valence-corrected chi connectivity index (χ1v) is 7.21. The zero-order chi connectivity index (χ0) is 13.8. The third-order valence-electron chi connectivity index (χ3n) is 5.54. The van der Waals surface area contributed by atoms with Crippen molar-refractivity contribution >= 4 is 5.78 Å². The number of hydrogen-bond acceptors (Lipinski definition) is 2. The summed E-state index contributed by atoms with van der Waals surface area (Å²) >= 11 is 0. The van der Waals surface area contributed by atoms with E-state index in [0.29, 0.717) is 12.3 Å². The molecule has 2 aliphatic carbocycles. The summed E-state index contributed by atoms with van der Waals surface area (Å²) in [5.74, 6) is 0.811. The number of benzene rings is 1. The maximum absolute atomic E-state index is 12.4. The quantitative estimate of drug-likeness (QED) is 0.762. The van der Waals surface area contributed by atoms with Gasteiger partial charge >= 0.3 is 0 Å². The molecule has 0 spiro atoms. The van der Waals surface area contributed by atoms with E-state index in [2.05, 4.69) is 20.8 Å². The zero-order valence-electron chi connectivity index (χ0n) is 12.0. The molecule has 1 fully saturated rings. The summed E-state index contributed by atoms with van der Waals surface area (Å²) in [6.07, 6.45) is 4.19. The number of carbonyl (C=O) groups is 1. The molecule has 1 N–H and O–H groups in total. The highest BCUT2D eigenvalue weighted by atomic mass is 16.3. The van der Waals surface area contributed by atoms with Crippen molar-refractivity contribution in [2.45, 2.75) is 51.9 Å². The molecule has 1 aromatic carbocycles. The molecule has 19 heavy (non-hydrogen) atoms. The number of rotatable bonds is 0. The van der Waals surface area contributed by atoms with Crippen LogP contribution in [0.3, 0.4) is 0 Å². The van der Waals surface area contributed by atoms with E-state index in [1.54, 1.807) is 12.1 Å². The third-order valence-corrected chi connectivity index (χ3v) is 5.54. The van der Waals surface area contributed by atoms with Crippen molar-refractivity contribution in [3.8, 4) is 5.75 Å². The van der Waals surface area contributed by atoms with Gasteiger partial charge in [-0.05, 0) is 47.3 Å². The first-order valence-electron chi connectivity index (χ1n) is 7.21. The topological polar surface area (TPSA) is 37.3 Å². The van der Waals surface area contributed by atoms with Gasteiger partial charge < -0.3 is 5.11 Å². The summed E-state index contributed by atoms with van der Waals surface area (Å²) < 4.78 is 0. The SMILES string of the molecule is CC1(C)CCC[C@]2(C)c3ccc(O)cc3C(=O)C[C@@H]12. The fourth-order valence-corrected chi connectivity index (χ4v) is 4.50. The maximum Gasteiger partial charge on any atom is 0.163 e. The van der Waals surface area contributed by atoms with Gasteiger partial charge in [-0.3, -0.25) is 4.79 Å². The minimum absolute atomic E-state index is 0.0820. The van der Waals surface area contributed by atoms with E-state index < -0.39 is 0 Å². The minimum Gasteiger partial charge on any atom is -0.508 e. The van der Waals surface area contributed by atoms with Crippen molar-refractivity contribution in [3.05, 3.63) is 29.3 Å². The second kappa shape index (κ2) is 3.84. The summed E-state index contributed by atoms with van der Waals surface area (Å²) in [5, 5.41) is 9.64. The number of carbonyl (C=O) groups excluding carboxylic acids is 1. The molecule has 0 amide bonds. The number of hydrogen-bond donors (Lipinski definition) is 1. The van der Waals surface area contributed by atoms with Crippen LogP contribution < -0.4 is 0 Å². The Kier molecular flexibility index (Phi) is 2.57. The van der Waals surface area contributed by atoms with Gasteiger partial charge in [-0.25, -0.2) is 0 Å². The Morgan fingerprint density at radius 2 is 1.95 bits per heavy atom. The molecule has 2 aliphatic rings. The minimum atomic E-state index is 0.0820. The molecule has 0 aromatic heterocycles. The average Bonchev–Trinajstić information content (AvgIpc) is 2.32. The van der Waals surface area contributed by atoms with Crippen molar-refractivity contribution < 1.29 is 9.90 Å². The maximum atomic E-state index is 12.4. The second-order valence-corrected chi connectivity index (χ2v) is 7.17. The predicted molar refractivity (Wildman–Crippen MR) is 75.5 cm³/mol. The molecule has 2 heteroatoms. The number of fused-ring (bicyclic) bond motifs is 3. The van der Waals surface area contributed by atoms with Crippen molar-refractivity contribution in [1.82, 2.24) is 0 Å². The first-order chi connectivity index (χ1) is 8.84. The predicted octanol–water partition coefficient (Wildman–Crippen LogP) is 4.06. The van der Waals surface area contributed by atoms with Gasteiger partial charge in [0.2, 0.25) is 0 Å².